The van der Waals surface area contributed by atoms with Crippen molar-refractivity contribution in [2.75, 3.05) is 26.9 Å². The average molecular weight is 365 g/mol. The summed E-state index contributed by atoms with van der Waals surface area (Å²) in [5.74, 6) is 0.914. The number of ether oxygens (including phenoxy) is 1. The van der Waals surface area contributed by atoms with Gasteiger partial charge in [-0.3, -0.25) is 4.90 Å². The number of hydrogen-bond donors (Lipinski definition) is 1. The molecule has 3 nitrogen and oxygen atoms in total. The molecule has 0 aliphatic heterocycles. The van der Waals surface area contributed by atoms with E-state index in [0.717, 1.165) is 36.7 Å². The third kappa shape index (κ3) is 11.3. The Hall–Kier alpha value is -0.970. The lowest BCUT2D eigenvalue weighted by Crippen LogP contribution is -2.32. The molecule has 142 valence electrons. The van der Waals surface area contributed by atoms with Crippen molar-refractivity contribution in [3.05, 3.63) is 29.8 Å². The highest BCUT2D eigenvalue weighted by Gasteiger charge is 2.14. The Morgan fingerprint density at radius 1 is 1.12 bits per heavy atom. The van der Waals surface area contributed by atoms with Crippen LogP contribution in [0.3, 0.4) is 0 Å². The molecule has 0 atom stereocenters. The minimum Gasteiger partial charge on any atom is -0.478 e. The Bertz CT molecular complexity index is 544. The minimum absolute atomic E-state index is 0.256. The fourth-order valence-corrected chi connectivity index (χ4v) is 3.32. The molecule has 0 aliphatic carbocycles. The van der Waals surface area contributed by atoms with E-state index in [-0.39, 0.29) is 10.8 Å². The van der Waals surface area contributed by atoms with Crippen LogP contribution in [0, 0.1) is 10.8 Å². The molecule has 0 aromatic heterocycles. The van der Waals surface area contributed by atoms with Crippen LogP contribution in [0.1, 0.15) is 53.5 Å². The van der Waals surface area contributed by atoms with Crippen molar-refractivity contribution in [3.63, 3.8) is 0 Å². The van der Waals surface area contributed by atoms with Gasteiger partial charge in [0.1, 0.15) is 12.5 Å². The number of hydrogen-bond acceptors (Lipinski definition) is 4. The second-order valence-electron chi connectivity index (χ2n) is 9.38. The van der Waals surface area contributed by atoms with E-state index >= 15 is 0 Å². The summed E-state index contributed by atoms with van der Waals surface area (Å²) in [6.07, 6.45) is 0.971. The summed E-state index contributed by atoms with van der Waals surface area (Å²) in [6, 6.07) is 8.28. The molecule has 0 aliphatic rings. The Morgan fingerprint density at radius 3 is 2.40 bits per heavy atom. The Balaban J connectivity index is 2.41. The first-order valence-electron chi connectivity index (χ1n) is 9.07. The van der Waals surface area contributed by atoms with Crippen molar-refractivity contribution < 1.29 is 4.74 Å². The van der Waals surface area contributed by atoms with Gasteiger partial charge in [0.2, 0.25) is 0 Å². The summed E-state index contributed by atoms with van der Waals surface area (Å²) in [5.41, 5.74) is 1.75. The Labute approximate surface area is 160 Å². The van der Waals surface area contributed by atoms with Crippen LogP contribution in [0.25, 0.3) is 0 Å². The maximum atomic E-state index is 5.92. The topological polar surface area (TPSA) is 24.5 Å². The SMILES string of the molecule is CN(COc1cccc(CNCC(=S)CC(C)(C)C)c1)CC(C)(C)C. The van der Waals surface area contributed by atoms with E-state index in [1.54, 1.807) is 0 Å². The minimum atomic E-state index is 0.256. The van der Waals surface area contributed by atoms with Crippen LogP contribution in [0.15, 0.2) is 24.3 Å². The number of nitrogens with one attached hydrogen (secondary N) is 1. The van der Waals surface area contributed by atoms with Crippen molar-refractivity contribution in [2.45, 2.75) is 54.5 Å². The summed E-state index contributed by atoms with van der Waals surface area (Å²) < 4.78 is 5.92. The van der Waals surface area contributed by atoms with Crippen molar-refractivity contribution >= 4 is 17.1 Å². The number of benzene rings is 1. The van der Waals surface area contributed by atoms with Gasteiger partial charge in [-0.05, 0) is 42.0 Å². The van der Waals surface area contributed by atoms with Crippen LogP contribution in [0.4, 0.5) is 0 Å². The highest BCUT2D eigenvalue weighted by atomic mass is 32.1. The maximum absolute atomic E-state index is 5.92. The number of nitrogens with zero attached hydrogens (tertiary/aromatic N) is 1. The Kier molecular flexibility index (Phi) is 8.52. The van der Waals surface area contributed by atoms with Crippen LogP contribution >= 0.6 is 12.2 Å². The van der Waals surface area contributed by atoms with Gasteiger partial charge in [-0.25, -0.2) is 0 Å². The Morgan fingerprint density at radius 2 is 1.80 bits per heavy atom. The van der Waals surface area contributed by atoms with Gasteiger partial charge in [0.25, 0.3) is 0 Å². The second-order valence-corrected chi connectivity index (χ2v) is 9.95. The standard InChI is InChI=1S/C21H36N2OS/c1-20(2,3)12-19(25)14-22-13-17-9-8-10-18(11-17)24-16-23(7)15-21(4,5)6/h8-11,22H,12-16H2,1-7H3. The predicted molar refractivity (Wildman–Crippen MR) is 112 cm³/mol. The van der Waals surface area contributed by atoms with Gasteiger partial charge in [-0.1, -0.05) is 65.9 Å². The molecule has 0 spiro atoms. The lowest BCUT2D eigenvalue weighted by atomic mass is 9.90. The maximum Gasteiger partial charge on any atom is 0.141 e. The molecule has 1 rings (SSSR count). The summed E-state index contributed by atoms with van der Waals surface area (Å²) in [4.78, 5) is 3.29. The van der Waals surface area contributed by atoms with Crippen LogP contribution in [-0.2, 0) is 6.54 Å². The highest BCUT2D eigenvalue weighted by molar-refractivity contribution is 7.80. The van der Waals surface area contributed by atoms with Crippen LogP contribution in [-0.4, -0.2) is 36.6 Å². The quantitative estimate of drug-likeness (QED) is 0.498. The van der Waals surface area contributed by atoms with Crippen LogP contribution in [0.2, 0.25) is 0 Å². The zero-order valence-corrected chi connectivity index (χ0v) is 17.9. The van der Waals surface area contributed by atoms with Crippen molar-refractivity contribution in [2.24, 2.45) is 10.8 Å². The molecular formula is C21H36N2OS. The van der Waals surface area contributed by atoms with Gasteiger partial charge < -0.3 is 10.1 Å². The molecule has 1 aromatic rings. The summed E-state index contributed by atoms with van der Waals surface area (Å²) in [6.45, 7) is 16.6. The van der Waals surface area contributed by atoms with Crippen LogP contribution < -0.4 is 10.1 Å². The largest absolute Gasteiger partial charge is 0.478 e. The smallest absolute Gasteiger partial charge is 0.141 e. The molecule has 4 heteroatoms. The van der Waals surface area contributed by atoms with E-state index in [1.807, 2.05) is 12.1 Å². The predicted octanol–water partition coefficient (Wildman–Crippen LogP) is 4.90. The van der Waals surface area contributed by atoms with Crippen molar-refractivity contribution in [3.8, 4) is 5.75 Å². The molecule has 1 aromatic carbocycles. The third-order valence-electron chi connectivity index (χ3n) is 3.47. The van der Waals surface area contributed by atoms with Gasteiger partial charge in [-0.2, -0.15) is 0 Å². The molecule has 1 N–H and O–H groups in total. The fraction of sp³-hybridized carbons (Fsp3) is 0.667. The monoisotopic (exact) mass is 364 g/mol. The second kappa shape index (κ2) is 9.65. The van der Waals surface area contributed by atoms with Gasteiger partial charge >= 0.3 is 0 Å². The number of rotatable bonds is 9. The highest BCUT2D eigenvalue weighted by Crippen LogP contribution is 2.19. The van der Waals surface area contributed by atoms with Gasteiger partial charge in [-0.15, -0.1) is 0 Å². The molecule has 0 bridgehead atoms. The molecule has 0 heterocycles. The van der Waals surface area contributed by atoms with Crippen molar-refractivity contribution in [1.29, 1.82) is 0 Å². The third-order valence-corrected chi connectivity index (χ3v) is 3.76. The van der Waals surface area contributed by atoms with E-state index in [0.29, 0.717) is 6.73 Å². The van der Waals surface area contributed by atoms with E-state index in [4.69, 9.17) is 17.0 Å². The average Bonchev–Trinajstić information content (AvgIpc) is 2.42. The van der Waals surface area contributed by atoms with Gasteiger partial charge in [0, 0.05) is 24.5 Å². The summed E-state index contributed by atoms with van der Waals surface area (Å²) in [7, 11) is 2.09. The fourth-order valence-electron chi connectivity index (χ4n) is 2.79. The normalized spacial score (nSPS) is 12.5. The molecule has 0 unspecified atom stereocenters. The van der Waals surface area contributed by atoms with E-state index in [9.17, 15) is 0 Å². The molecule has 0 saturated heterocycles. The molecular weight excluding hydrogens is 328 g/mol. The zero-order valence-electron chi connectivity index (χ0n) is 17.1. The first kappa shape index (κ1) is 22.1. The lowest BCUT2D eigenvalue weighted by molar-refractivity contribution is 0.117. The molecule has 0 saturated carbocycles. The van der Waals surface area contributed by atoms with Crippen LogP contribution in [0.5, 0.6) is 5.75 Å². The van der Waals surface area contributed by atoms with Gasteiger partial charge in [0.15, 0.2) is 0 Å². The van der Waals surface area contributed by atoms with Gasteiger partial charge in [0.05, 0.1) is 0 Å². The molecule has 0 fully saturated rings. The molecule has 25 heavy (non-hydrogen) atoms. The molecule has 0 radical (unpaired) electrons. The first-order chi connectivity index (χ1) is 11.4. The van der Waals surface area contributed by atoms with E-state index < -0.39 is 0 Å². The summed E-state index contributed by atoms with van der Waals surface area (Å²) >= 11 is 5.46. The van der Waals surface area contributed by atoms with E-state index in [1.165, 1.54) is 5.56 Å². The lowest BCUT2D eigenvalue weighted by Gasteiger charge is -2.26. The summed E-state index contributed by atoms with van der Waals surface area (Å²) in [5, 5.41) is 3.44. The van der Waals surface area contributed by atoms with E-state index in [2.05, 4.69) is 70.9 Å². The molecule has 0 amide bonds. The van der Waals surface area contributed by atoms with Crippen molar-refractivity contribution in [1.82, 2.24) is 10.2 Å². The first-order valence-corrected chi connectivity index (χ1v) is 9.48. The number of thiocarbonyl (C=S) groups is 1. The zero-order chi connectivity index (χ0) is 19.1.